The van der Waals surface area contributed by atoms with Crippen molar-refractivity contribution in [3.63, 3.8) is 0 Å². The minimum atomic E-state index is 0.573. The van der Waals surface area contributed by atoms with E-state index in [4.69, 9.17) is 9.47 Å². The van der Waals surface area contributed by atoms with Gasteiger partial charge in [-0.25, -0.2) is 0 Å². The second kappa shape index (κ2) is 6.34. The van der Waals surface area contributed by atoms with Crippen LogP contribution in [0.25, 0.3) is 0 Å². The molecule has 0 bridgehead atoms. The summed E-state index contributed by atoms with van der Waals surface area (Å²) in [5, 5.41) is 0. The van der Waals surface area contributed by atoms with Gasteiger partial charge in [-0.2, -0.15) is 0 Å². The van der Waals surface area contributed by atoms with Crippen LogP contribution in [0.1, 0.15) is 0 Å². The van der Waals surface area contributed by atoms with Gasteiger partial charge in [0, 0.05) is 23.2 Å². The summed E-state index contributed by atoms with van der Waals surface area (Å²) < 4.78 is 11.7. The van der Waals surface area contributed by atoms with Crippen LogP contribution in [0.2, 0.25) is 0 Å². The van der Waals surface area contributed by atoms with Crippen LogP contribution in [0.3, 0.4) is 0 Å². The predicted molar refractivity (Wildman–Crippen MR) is 48.6 cm³/mol. The van der Waals surface area contributed by atoms with Crippen LogP contribution in [0, 0.1) is 0 Å². The van der Waals surface area contributed by atoms with Crippen LogP contribution in [-0.2, 0) is 9.47 Å². The lowest BCUT2D eigenvalue weighted by Gasteiger charge is -2.01. The van der Waals surface area contributed by atoms with Crippen LogP contribution in [-0.4, -0.2) is 27.4 Å². The van der Waals surface area contributed by atoms with Gasteiger partial charge >= 0.3 is 0 Å². The molecule has 0 atom stereocenters. The van der Waals surface area contributed by atoms with Crippen molar-refractivity contribution in [3.8, 4) is 0 Å². The minimum absolute atomic E-state index is 0.573. The van der Waals surface area contributed by atoms with Gasteiger partial charge < -0.3 is 9.47 Å². The van der Waals surface area contributed by atoms with Crippen molar-refractivity contribution in [2.75, 3.05) is 27.4 Å². The lowest BCUT2D eigenvalue weighted by molar-refractivity contribution is 0.221. The number of hydrogen-bond acceptors (Lipinski definition) is 2. The van der Waals surface area contributed by atoms with E-state index in [1.54, 1.807) is 14.2 Å². The zero-order valence-electron chi connectivity index (χ0n) is 5.99. The summed E-state index contributed by atoms with van der Waals surface area (Å²) >= 11 is 6.66. The molecular formula is C6H10Br2O2. The van der Waals surface area contributed by atoms with Crippen LogP contribution in [0.15, 0.2) is 8.96 Å². The molecule has 0 aromatic rings. The maximum Gasteiger partial charge on any atom is 0.0786 e. The van der Waals surface area contributed by atoms with Gasteiger partial charge in [-0.05, 0) is 0 Å². The molecule has 0 saturated heterocycles. The molecule has 0 fully saturated rings. The summed E-state index contributed by atoms with van der Waals surface area (Å²) in [6.45, 7) is 1.15. The van der Waals surface area contributed by atoms with Crippen molar-refractivity contribution in [2.45, 2.75) is 0 Å². The van der Waals surface area contributed by atoms with Gasteiger partial charge in [0.05, 0.1) is 13.2 Å². The summed E-state index contributed by atoms with van der Waals surface area (Å²) in [5.41, 5.74) is 0. The average molecular weight is 274 g/mol. The Hall–Kier alpha value is 0.620. The Bertz CT molecular complexity index is 109. The van der Waals surface area contributed by atoms with Gasteiger partial charge in [-0.15, -0.1) is 0 Å². The number of hydrogen-bond donors (Lipinski definition) is 0. The topological polar surface area (TPSA) is 18.5 Å². The Labute approximate surface area is 77.8 Å². The second-order valence-corrected chi connectivity index (χ2v) is 3.59. The van der Waals surface area contributed by atoms with E-state index in [-0.39, 0.29) is 0 Å². The Morgan fingerprint density at radius 2 is 1.30 bits per heavy atom. The molecule has 0 N–H and O–H groups in total. The fourth-order valence-electron chi connectivity index (χ4n) is 0.410. The van der Waals surface area contributed by atoms with Gasteiger partial charge in [-0.1, -0.05) is 31.9 Å². The first kappa shape index (κ1) is 10.6. The predicted octanol–water partition coefficient (Wildman–Crippen LogP) is 2.28. The van der Waals surface area contributed by atoms with Gasteiger partial charge in [0.2, 0.25) is 0 Å². The summed E-state index contributed by atoms with van der Waals surface area (Å²) in [6.07, 6.45) is 0. The van der Waals surface area contributed by atoms with Crippen molar-refractivity contribution in [3.05, 3.63) is 8.96 Å². The van der Waals surface area contributed by atoms with Crippen LogP contribution >= 0.6 is 31.9 Å². The summed E-state index contributed by atoms with van der Waals surface area (Å²) in [6, 6.07) is 0. The van der Waals surface area contributed by atoms with E-state index in [1.165, 1.54) is 0 Å². The Balaban J connectivity index is 3.79. The van der Waals surface area contributed by atoms with Crippen LogP contribution < -0.4 is 0 Å². The Morgan fingerprint density at radius 1 is 1.00 bits per heavy atom. The Kier molecular flexibility index (Phi) is 6.73. The first-order chi connectivity index (χ1) is 4.72. The third-order valence-corrected chi connectivity index (χ3v) is 2.78. The maximum atomic E-state index is 4.88. The van der Waals surface area contributed by atoms with Crippen LogP contribution in [0.5, 0.6) is 0 Å². The molecule has 0 aliphatic heterocycles. The fraction of sp³-hybridized carbons (Fsp3) is 0.667. The third kappa shape index (κ3) is 4.44. The monoisotopic (exact) mass is 272 g/mol. The van der Waals surface area contributed by atoms with E-state index in [1.807, 2.05) is 0 Å². The van der Waals surface area contributed by atoms with Crippen molar-refractivity contribution >= 4 is 31.9 Å². The molecule has 0 aromatic heterocycles. The highest BCUT2D eigenvalue weighted by Crippen LogP contribution is 2.17. The molecule has 4 heteroatoms. The van der Waals surface area contributed by atoms with Crippen molar-refractivity contribution in [1.29, 1.82) is 0 Å². The number of methoxy groups -OCH3 is 2. The molecule has 0 spiro atoms. The number of rotatable bonds is 4. The van der Waals surface area contributed by atoms with Gasteiger partial charge in [0.25, 0.3) is 0 Å². The smallest absolute Gasteiger partial charge is 0.0786 e. The molecule has 0 radical (unpaired) electrons. The first-order valence-electron chi connectivity index (χ1n) is 2.73. The zero-order chi connectivity index (χ0) is 7.98. The molecular weight excluding hydrogens is 264 g/mol. The highest BCUT2D eigenvalue weighted by Gasteiger charge is 1.98. The van der Waals surface area contributed by atoms with E-state index < -0.39 is 0 Å². The quantitative estimate of drug-likeness (QED) is 0.783. The van der Waals surface area contributed by atoms with Gasteiger partial charge in [-0.3, -0.25) is 0 Å². The molecule has 0 saturated carbocycles. The lowest BCUT2D eigenvalue weighted by atomic mass is 10.5. The highest BCUT2D eigenvalue weighted by molar-refractivity contribution is 9.14. The van der Waals surface area contributed by atoms with Crippen LogP contribution in [0.4, 0.5) is 0 Å². The van der Waals surface area contributed by atoms with Crippen molar-refractivity contribution in [2.24, 2.45) is 0 Å². The molecule has 10 heavy (non-hydrogen) atoms. The molecule has 0 aromatic carbocycles. The van der Waals surface area contributed by atoms with E-state index in [0.717, 1.165) is 8.96 Å². The van der Waals surface area contributed by atoms with Gasteiger partial charge in [0.15, 0.2) is 0 Å². The standard InChI is InChI=1S/C6H10Br2O2/c1-9-3-5(7)6(8)4-10-2/h3-4H2,1-2H3/b6-5+. The fourth-order valence-corrected chi connectivity index (χ4v) is 1.10. The summed E-state index contributed by atoms with van der Waals surface area (Å²) in [5.74, 6) is 0. The molecule has 60 valence electrons. The number of ether oxygens (including phenoxy) is 2. The SMILES string of the molecule is COC/C(Br)=C(\Br)COC. The molecule has 0 amide bonds. The minimum Gasteiger partial charge on any atom is -0.379 e. The maximum absolute atomic E-state index is 4.88. The lowest BCUT2D eigenvalue weighted by Crippen LogP contribution is -1.94. The summed E-state index contributed by atoms with van der Waals surface area (Å²) in [7, 11) is 3.29. The van der Waals surface area contributed by atoms with E-state index in [2.05, 4.69) is 31.9 Å². The molecule has 0 aliphatic rings. The second-order valence-electron chi connectivity index (χ2n) is 1.68. The van der Waals surface area contributed by atoms with E-state index in [0.29, 0.717) is 13.2 Å². The first-order valence-corrected chi connectivity index (χ1v) is 4.31. The largest absolute Gasteiger partial charge is 0.379 e. The zero-order valence-corrected chi connectivity index (χ0v) is 9.16. The summed E-state index contributed by atoms with van der Waals surface area (Å²) in [4.78, 5) is 0. The Morgan fingerprint density at radius 3 is 1.50 bits per heavy atom. The molecule has 0 rings (SSSR count). The number of halogens is 2. The molecule has 0 aliphatic carbocycles. The highest BCUT2D eigenvalue weighted by atomic mass is 79.9. The van der Waals surface area contributed by atoms with Gasteiger partial charge in [0.1, 0.15) is 0 Å². The van der Waals surface area contributed by atoms with Crippen molar-refractivity contribution < 1.29 is 9.47 Å². The molecule has 0 heterocycles. The third-order valence-electron chi connectivity index (χ3n) is 0.836. The van der Waals surface area contributed by atoms with E-state index >= 15 is 0 Å². The normalized spacial score (nSPS) is 13.2. The molecule has 2 nitrogen and oxygen atoms in total. The van der Waals surface area contributed by atoms with E-state index in [9.17, 15) is 0 Å². The average Bonchev–Trinajstić information content (AvgIpc) is 1.89. The molecule has 0 unspecified atom stereocenters. The van der Waals surface area contributed by atoms with Crippen molar-refractivity contribution in [1.82, 2.24) is 0 Å².